The zero-order valence-corrected chi connectivity index (χ0v) is 15.5. The number of anilines is 2. The van der Waals surface area contributed by atoms with Gasteiger partial charge in [0.25, 0.3) is 5.91 Å². The Morgan fingerprint density at radius 1 is 1.11 bits per heavy atom. The van der Waals surface area contributed by atoms with Gasteiger partial charge in [0, 0.05) is 36.4 Å². The van der Waals surface area contributed by atoms with Crippen molar-refractivity contribution in [1.29, 1.82) is 0 Å². The highest BCUT2D eigenvalue weighted by Crippen LogP contribution is 2.32. The van der Waals surface area contributed by atoms with Crippen LogP contribution < -0.4 is 10.6 Å². The molecule has 6 nitrogen and oxygen atoms in total. The van der Waals surface area contributed by atoms with E-state index in [4.69, 9.17) is 0 Å². The third kappa shape index (κ3) is 4.00. The van der Waals surface area contributed by atoms with E-state index in [1.165, 1.54) is 0 Å². The molecule has 1 heterocycles. The molecule has 3 amide bonds. The van der Waals surface area contributed by atoms with E-state index in [-0.39, 0.29) is 24.1 Å². The van der Waals surface area contributed by atoms with Gasteiger partial charge in [-0.3, -0.25) is 14.4 Å². The molecule has 140 valence electrons. The topological polar surface area (TPSA) is 78.5 Å². The van der Waals surface area contributed by atoms with E-state index in [0.717, 1.165) is 5.56 Å². The molecule has 3 rings (SSSR count). The Hall–Kier alpha value is -3.15. The van der Waals surface area contributed by atoms with Crippen LogP contribution >= 0.6 is 0 Å². The van der Waals surface area contributed by atoms with E-state index < -0.39 is 5.92 Å². The van der Waals surface area contributed by atoms with Crippen LogP contribution in [0, 0.1) is 0 Å². The molecular weight excluding hydrogens is 342 g/mol. The van der Waals surface area contributed by atoms with E-state index in [9.17, 15) is 14.4 Å². The molecule has 6 heteroatoms. The summed E-state index contributed by atoms with van der Waals surface area (Å²) in [5, 5.41) is 5.64. The maximum atomic E-state index is 12.8. The Balaban J connectivity index is 1.80. The first kappa shape index (κ1) is 18.6. The van der Waals surface area contributed by atoms with Crippen LogP contribution in [0.15, 0.2) is 48.5 Å². The van der Waals surface area contributed by atoms with Crippen LogP contribution in [-0.2, 0) is 9.59 Å². The summed E-state index contributed by atoms with van der Waals surface area (Å²) in [5.41, 5.74) is 2.53. The van der Waals surface area contributed by atoms with E-state index in [0.29, 0.717) is 30.0 Å². The average molecular weight is 365 g/mol. The third-order valence-electron chi connectivity index (χ3n) is 4.74. The Kier molecular flexibility index (Phi) is 5.54. The SMILES string of the molecule is CCN(CC)C(=O)c1cccc(NC(=O)C2CC(=O)Nc3ccccc32)c1. The molecule has 1 aliphatic heterocycles. The normalized spacial score (nSPS) is 15.5. The van der Waals surface area contributed by atoms with Gasteiger partial charge in [0.1, 0.15) is 0 Å². The van der Waals surface area contributed by atoms with Crippen LogP contribution in [0.3, 0.4) is 0 Å². The van der Waals surface area contributed by atoms with Gasteiger partial charge in [0.2, 0.25) is 11.8 Å². The van der Waals surface area contributed by atoms with Gasteiger partial charge < -0.3 is 15.5 Å². The maximum absolute atomic E-state index is 12.8. The molecule has 1 unspecified atom stereocenters. The molecule has 0 saturated heterocycles. The van der Waals surface area contributed by atoms with Gasteiger partial charge in [-0.05, 0) is 43.7 Å². The van der Waals surface area contributed by atoms with Crippen molar-refractivity contribution < 1.29 is 14.4 Å². The summed E-state index contributed by atoms with van der Waals surface area (Å²) < 4.78 is 0. The van der Waals surface area contributed by atoms with E-state index in [2.05, 4.69) is 10.6 Å². The number of hydrogen-bond donors (Lipinski definition) is 2. The minimum atomic E-state index is -0.558. The van der Waals surface area contributed by atoms with Gasteiger partial charge in [-0.15, -0.1) is 0 Å². The molecule has 1 aliphatic rings. The second-order valence-corrected chi connectivity index (χ2v) is 6.44. The number of para-hydroxylation sites is 1. The summed E-state index contributed by atoms with van der Waals surface area (Å²) in [6.45, 7) is 5.11. The molecule has 0 aliphatic carbocycles. The Labute approximate surface area is 158 Å². The highest BCUT2D eigenvalue weighted by Gasteiger charge is 2.30. The van der Waals surface area contributed by atoms with E-state index >= 15 is 0 Å². The molecule has 1 atom stereocenters. The molecule has 2 N–H and O–H groups in total. The molecule has 0 spiro atoms. The highest BCUT2D eigenvalue weighted by atomic mass is 16.2. The van der Waals surface area contributed by atoms with Gasteiger partial charge in [-0.25, -0.2) is 0 Å². The van der Waals surface area contributed by atoms with Gasteiger partial charge in [-0.2, -0.15) is 0 Å². The minimum absolute atomic E-state index is 0.0708. The lowest BCUT2D eigenvalue weighted by Crippen LogP contribution is -2.31. The van der Waals surface area contributed by atoms with Crippen LogP contribution in [0.1, 0.15) is 42.1 Å². The second kappa shape index (κ2) is 8.03. The molecule has 0 fully saturated rings. The molecular formula is C21H23N3O3. The predicted molar refractivity (Wildman–Crippen MR) is 105 cm³/mol. The minimum Gasteiger partial charge on any atom is -0.339 e. The third-order valence-corrected chi connectivity index (χ3v) is 4.74. The van der Waals surface area contributed by atoms with Crippen molar-refractivity contribution in [2.75, 3.05) is 23.7 Å². The number of hydrogen-bond acceptors (Lipinski definition) is 3. The highest BCUT2D eigenvalue weighted by molar-refractivity contribution is 6.05. The van der Waals surface area contributed by atoms with Crippen molar-refractivity contribution >= 4 is 29.1 Å². The lowest BCUT2D eigenvalue weighted by Gasteiger charge is -2.25. The molecule has 0 bridgehead atoms. The van der Waals surface area contributed by atoms with Crippen LogP contribution in [0.25, 0.3) is 0 Å². The summed E-state index contributed by atoms with van der Waals surface area (Å²) in [7, 11) is 0. The number of carbonyl (C=O) groups is 3. The summed E-state index contributed by atoms with van der Waals surface area (Å²) in [4.78, 5) is 39.0. The Morgan fingerprint density at radius 3 is 2.59 bits per heavy atom. The van der Waals surface area contributed by atoms with Gasteiger partial charge in [0.15, 0.2) is 0 Å². The fraction of sp³-hybridized carbons (Fsp3) is 0.286. The van der Waals surface area contributed by atoms with Crippen molar-refractivity contribution in [3.05, 3.63) is 59.7 Å². The predicted octanol–water partition coefficient (Wildman–Crippen LogP) is 3.23. The lowest BCUT2D eigenvalue weighted by molar-refractivity contribution is -0.123. The summed E-state index contributed by atoms with van der Waals surface area (Å²) in [6, 6.07) is 14.2. The zero-order chi connectivity index (χ0) is 19.4. The Morgan fingerprint density at radius 2 is 1.85 bits per heavy atom. The lowest BCUT2D eigenvalue weighted by atomic mass is 9.90. The molecule has 27 heavy (non-hydrogen) atoms. The van der Waals surface area contributed by atoms with Crippen molar-refractivity contribution in [2.45, 2.75) is 26.2 Å². The quantitative estimate of drug-likeness (QED) is 0.854. The summed E-state index contributed by atoms with van der Waals surface area (Å²) in [6.07, 6.45) is 0.0981. The number of rotatable bonds is 5. The largest absolute Gasteiger partial charge is 0.339 e. The number of nitrogens with zero attached hydrogens (tertiary/aromatic N) is 1. The second-order valence-electron chi connectivity index (χ2n) is 6.44. The number of nitrogens with one attached hydrogen (secondary N) is 2. The van der Waals surface area contributed by atoms with Crippen molar-refractivity contribution in [3.63, 3.8) is 0 Å². The van der Waals surface area contributed by atoms with Crippen LogP contribution in [0.5, 0.6) is 0 Å². The van der Waals surface area contributed by atoms with Crippen LogP contribution in [0.2, 0.25) is 0 Å². The fourth-order valence-corrected chi connectivity index (χ4v) is 3.30. The number of carbonyl (C=O) groups excluding carboxylic acids is 3. The Bertz CT molecular complexity index is 874. The zero-order valence-electron chi connectivity index (χ0n) is 15.5. The first-order chi connectivity index (χ1) is 13.0. The first-order valence-electron chi connectivity index (χ1n) is 9.12. The molecule has 2 aromatic carbocycles. The van der Waals surface area contributed by atoms with Gasteiger partial charge in [0.05, 0.1) is 5.92 Å². The van der Waals surface area contributed by atoms with Gasteiger partial charge in [-0.1, -0.05) is 24.3 Å². The van der Waals surface area contributed by atoms with Crippen molar-refractivity contribution in [3.8, 4) is 0 Å². The van der Waals surface area contributed by atoms with Crippen molar-refractivity contribution in [2.24, 2.45) is 0 Å². The number of fused-ring (bicyclic) bond motifs is 1. The fourth-order valence-electron chi connectivity index (χ4n) is 3.30. The first-order valence-corrected chi connectivity index (χ1v) is 9.12. The average Bonchev–Trinajstić information content (AvgIpc) is 2.68. The molecule has 2 aromatic rings. The van der Waals surface area contributed by atoms with E-state index in [1.54, 1.807) is 35.2 Å². The number of amides is 3. The van der Waals surface area contributed by atoms with Gasteiger partial charge >= 0.3 is 0 Å². The van der Waals surface area contributed by atoms with Crippen LogP contribution in [0.4, 0.5) is 11.4 Å². The molecule has 0 saturated carbocycles. The monoisotopic (exact) mass is 365 g/mol. The van der Waals surface area contributed by atoms with E-state index in [1.807, 2.05) is 32.0 Å². The number of benzene rings is 2. The smallest absolute Gasteiger partial charge is 0.253 e. The standard InChI is InChI=1S/C21H23N3O3/c1-3-24(4-2)21(27)14-8-7-9-15(12-14)22-20(26)17-13-19(25)23-18-11-6-5-10-16(17)18/h5-12,17H,3-4,13H2,1-2H3,(H,22,26)(H,23,25). The summed E-state index contributed by atoms with van der Waals surface area (Å²) >= 11 is 0. The van der Waals surface area contributed by atoms with Crippen LogP contribution in [-0.4, -0.2) is 35.7 Å². The molecule has 0 aromatic heterocycles. The molecule has 0 radical (unpaired) electrons. The maximum Gasteiger partial charge on any atom is 0.253 e. The summed E-state index contributed by atoms with van der Waals surface area (Å²) in [5.74, 6) is -1.07. The van der Waals surface area contributed by atoms with Crippen molar-refractivity contribution in [1.82, 2.24) is 4.90 Å².